The molecule has 1 atom stereocenters. The van der Waals surface area contributed by atoms with Gasteiger partial charge in [-0.1, -0.05) is 43.5 Å². The number of hydrogen-bond donors (Lipinski definition) is 3. The molecule has 1 aliphatic heterocycles. The first-order valence-electron chi connectivity index (χ1n) is 12.1. The molecule has 35 heavy (non-hydrogen) atoms. The lowest BCUT2D eigenvalue weighted by Crippen LogP contribution is -2.28. The zero-order valence-corrected chi connectivity index (χ0v) is 20.0. The minimum atomic E-state index is -0.160. The number of nitrogens with two attached hydrogens (primary N) is 1. The number of ether oxygens (including phenoxy) is 1. The quantitative estimate of drug-likeness (QED) is 0.351. The smallest absolute Gasteiger partial charge is 0.246 e. The predicted molar refractivity (Wildman–Crippen MR) is 137 cm³/mol. The summed E-state index contributed by atoms with van der Waals surface area (Å²) >= 11 is 0. The monoisotopic (exact) mass is 470 g/mol. The third-order valence-corrected chi connectivity index (χ3v) is 6.59. The van der Waals surface area contributed by atoms with Crippen molar-refractivity contribution in [2.75, 3.05) is 5.73 Å². The van der Waals surface area contributed by atoms with Crippen molar-refractivity contribution >= 4 is 28.3 Å². The summed E-state index contributed by atoms with van der Waals surface area (Å²) in [5.74, 6) is 2.65. The summed E-state index contributed by atoms with van der Waals surface area (Å²) in [7, 11) is 0. The molecule has 4 N–H and O–H groups in total. The number of nitrogens with zero attached hydrogens (tertiary/aromatic N) is 4. The highest BCUT2D eigenvalue weighted by atomic mass is 16.5. The van der Waals surface area contributed by atoms with Gasteiger partial charge in [-0.25, -0.2) is 15.0 Å². The van der Waals surface area contributed by atoms with E-state index in [-0.39, 0.29) is 11.9 Å². The number of aromatic hydroxyl groups is 1. The Bertz CT molecular complexity index is 1360. The van der Waals surface area contributed by atoms with Gasteiger partial charge in [-0.15, -0.1) is 0 Å². The molecule has 180 valence electrons. The fraction of sp³-hybridized carbons (Fsp3) is 0.333. The number of H-pyrrole nitrogens is 1. The van der Waals surface area contributed by atoms with E-state index in [2.05, 4.69) is 49.2 Å². The van der Waals surface area contributed by atoms with E-state index in [0.717, 1.165) is 28.1 Å². The van der Waals surface area contributed by atoms with E-state index >= 15 is 0 Å². The summed E-state index contributed by atoms with van der Waals surface area (Å²) in [6.07, 6.45) is 7.93. The van der Waals surface area contributed by atoms with E-state index in [4.69, 9.17) is 15.6 Å². The average molecular weight is 471 g/mol. The molecule has 1 unspecified atom stereocenters. The third kappa shape index (κ3) is 4.96. The molecule has 1 aliphatic carbocycles. The fourth-order valence-electron chi connectivity index (χ4n) is 4.79. The molecule has 1 saturated carbocycles. The van der Waals surface area contributed by atoms with Gasteiger partial charge in [-0.2, -0.15) is 4.98 Å². The van der Waals surface area contributed by atoms with Gasteiger partial charge in [0.25, 0.3) is 0 Å². The van der Waals surface area contributed by atoms with Crippen LogP contribution < -0.4 is 10.5 Å². The highest BCUT2D eigenvalue weighted by Gasteiger charge is 2.25. The minimum absolute atomic E-state index is 0.160. The zero-order chi connectivity index (χ0) is 24.4. The van der Waals surface area contributed by atoms with E-state index in [1.54, 1.807) is 18.2 Å². The first kappa shape index (κ1) is 22.8. The second-order valence-corrected chi connectivity index (χ2v) is 9.15. The van der Waals surface area contributed by atoms with E-state index in [0.29, 0.717) is 23.3 Å². The Morgan fingerprint density at radius 1 is 1.03 bits per heavy atom. The number of imidazole rings is 1. The third-order valence-electron chi connectivity index (χ3n) is 6.59. The number of nitrogens with one attached hydrogen (secondary N) is 1. The van der Waals surface area contributed by atoms with Crippen LogP contribution in [0.3, 0.4) is 0 Å². The second kappa shape index (κ2) is 9.74. The number of aromatic nitrogens is 4. The van der Waals surface area contributed by atoms with Gasteiger partial charge in [0, 0.05) is 6.07 Å². The van der Waals surface area contributed by atoms with Crippen molar-refractivity contribution < 1.29 is 9.84 Å². The summed E-state index contributed by atoms with van der Waals surface area (Å²) in [6.45, 7) is 3.87. The van der Waals surface area contributed by atoms with Crippen molar-refractivity contribution in [1.29, 1.82) is 0 Å². The predicted octanol–water partition coefficient (Wildman–Crippen LogP) is 5.59. The van der Waals surface area contributed by atoms with Gasteiger partial charge in [0.05, 0.1) is 16.7 Å². The van der Waals surface area contributed by atoms with Crippen LogP contribution >= 0.6 is 0 Å². The van der Waals surface area contributed by atoms with Gasteiger partial charge < -0.3 is 20.6 Å². The number of rotatable bonds is 2. The Balaban J connectivity index is 0.000000192. The number of benzene rings is 2. The Morgan fingerprint density at radius 3 is 2.57 bits per heavy atom. The molecule has 0 spiro atoms. The van der Waals surface area contributed by atoms with Crippen LogP contribution in [0.25, 0.3) is 11.0 Å². The molecular weight excluding hydrogens is 440 g/mol. The highest BCUT2D eigenvalue weighted by molar-refractivity contribution is 6.06. The van der Waals surface area contributed by atoms with E-state index in [9.17, 15) is 0 Å². The summed E-state index contributed by atoms with van der Waals surface area (Å²) < 4.78 is 5.86. The second-order valence-electron chi connectivity index (χ2n) is 9.15. The molecule has 4 aromatic rings. The van der Waals surface area contributed by atoms with Gasteiger partial charge >= 0.3 is 0 Å². The molecule has 2 aromatic carbocycles. The molecule has 6 rings (SSSR count). The number of hydrogen-bond acceptors (Lipinski definition) is 7. The maximum atomic E-state index is 9.09. The molecule has 2 aliphatic rings. The van der Waals surface area contributed by atoms with Crippen LogP contribution in [0.15, 0.2) is 53.8 Å². The number of aryl methyl sites for hydroxylation is 1. The average Bonchev–Trinajstić information content (AvgIpc) is 3.24. The number of aliphatic imine (C=N–C) groups is 1. The van der Waals surface area contributed by atoms with Crippen molar-refractivity contribution in [3.63, 3.8) is 0 Å². The number of anilines is 1. The van der Waals surface area contributed by atoms with Crippen LogP contribution in [0.1, 0.15) is 61.9 Å². The van der Waals surface area contributed by atoms with Crippen LogP contribution in [-0.2, 0) is 0 Å². The highest BCUT2D eigenvalue weighted by Crippen LogP contribution is 2.36. The van der Waals surface area contributed by atoms with Gasteiger partial charge in [0.2, 0.25) is 5.88 Å². The summed E-state index contributed by atoms with van der Waals surface area (Å²) in [5, 5.41) is 9.09. The summed E-state index contributed by atoms with van der Waals surface area (Å²) in [4.78, 5) is 20.0. The topological polar surface area (TPSA) is 122 Å². The van der Waals surface area contributed by atoms with Gasteiger partial charge in [0.15, 0.2) is 11.5 Å². The number of nitrogen functional groups attached to an aromatic ring is 1. The van der Waals surface area contributed by atoms with Gasteiger partial charge in [-0.05, 0) is 55.9 Å². The van der Waals surface area contributed by atoms with Gasteiger partial charge in [-0.3, -0.25) is 0 Å². The maximum absolute atomic E-state index is 9.09. The summed E-state index contributed by atoms with van der Waals surface area (Å²) in [5.41, 5.74) is 11.6. The Hall–Kier alpha value is -3.94. The van der Waals surface area contributed by atoms with Crippen LogP contribution in [-0.4, -0.2) is 36.9 Å². The van der Waals surface area contributed by atoms with Crippen molar-refractivity contribution in [1.82, 2.24) is 19.9 Å². The van der Waals surface area contributed by atoms with Crippen molar-refractivity contribution in [3.05, 3.63) is 65.7 Å². The van der Waals surface area contributed by atoms with Crippen LogP contribution in [0, 0.1) is 6.92 Å². The lowest BCUT2D eigenvalue weighted by molar-refractivity contribution is 0.272. The van der Waals surface area contributed by atoms with Crippen LogP contribution in [0.2, 0.25) is 0 Å². The minimum Gasteiger partial charge on any atom is -0.508 e. The van der Waals surface area contributed by atoms with E-state index < -0.39 is 0 Å². The molecule has 3 heterocycles. The molecule has 0 amide bonds. The first-order chi connectivity index (χ1) is 17.0. The Morgan fingerprint density at radius 2 is 1.80 bits per heavy atom. The van der Waals surface area contributed by atoms with Crippen molar-refractivity contribution in [3.8, 4) is 11.6 Å². The largest absolute Gasteiger partial charge is 0.508 e. The normalized spacial score (nSPS) is 17.7. The molecule has 8 heteroatoms. The van der Waals surface area contributed by atoms with Crippen molar-refractivity contribution in [2.45, 2.75) is 58.0 Å². The number of phenols is 1. The molecule has 8 nitrogen and oxygen atoms in total. The number of phenolic OH excluding ortho intramolecular Hbond substituents is 1. The Labute approximate surface area is 204 Å². The molecule has 1 fully saturated rings. The maximum Gasteiger partial charge on any atom is 0.246 e. The number of aromatic amines is 1. The molecule has 2 aromatic heterocycles. The van der Waals surface area contributed by atoms with Crippen molar-refractivity contribution in [2.24, 2.45) is 4.99 Å². The molecular formula is C27H30N6O2. The Kier molecular flexibility index (Phi) is 6.35. The van der Waals surface area contributed by atoms with Gasteiger partial charge in [0.1, 0.15) is 24.0 Å². The molecule has 0 radical (unpaired) electrons. The SMILES string of the molecule is CC1Oc2ncnc(N)c2N=C1c1ccc(C2CCCCC2)cc1.Cc1nc2ccc(O)cc2[nH]1. The molecule has 0 saturated heterocycles. The van der Waals surface area contributed by atoms with E-state index in [1.807, 2.05) is 13.8 Å². The molecule has 0 bridgehead atoms. The summed E-state index contributed by atoms with van der Waals surface area (Å²) in [6, 6.07) is 13.8. The standard InChI is InChI=1S/C19H22N4O.C8H8N2O/c1-12-16(23-17-18(20)21-11-22-19(17)24-12)15-9-7-14(8-10-15)13-5-3-2-4-6-13;1-5-9-7-3-2-6(11)4-8(7)10-5/h7-13H,2-6H2,1H3,(H2,20,21,22);2-4,11H,1H3,(H,9,10). The fourth-order valence-corrected chi connectivity index (χ4v) is 4.79. The van der Waals surface area contributed by atoms with Crippen LogP contribution in [0.5, 0.6) is 11.6 Å². The van der Waals surface area contributed by atoms with Crippen LogP contribution in [0.4, 0.5) is 11.5 Å². The van der Waals surface area contributed by atoms with E-state index in [1.165, 1.54) is 44.0 Å². The first-order valence-corrected chi connectivity index (χ1v) is 12.1. The lowest BCUT2D eigenvalue weighted by atomic mass is 9.83. The lowest BCUT2D eigenvalue weighted by Gasteiger charge is -2.24. The zero-order valence-electron chi connectivity index (χ0n) is 20.0. The number of fused-ring (bicyclic) bond motifs is 2.